The second kappa shape index (κ2) is 5.28. The minimum atomic E-state index is -0.940. The number of ether oxygens (including phenoxy) is 1. The third-order valence-electron chi connectivity index (χ3n) is 3.02. The fourth-order valence-electron chi connectivity index (χ4n) is 2.18. The maximum absolute atomic E-state index is 12.0. The van der Waals surface area contributed by atoms with Crippen molar-refractivity contribution in [3.63, 3.8) is 0 Å². The molecule has 0 aromatic carbocycles. The second-order valence-corrected chi connectivity index (χ2v) is 4.66. The zero-order valence-corrected chi connectivity index (χ0v) is 10.1. The molecule has 1 unspecified atom stereocenters. The summed E-state index contributed by atoms with van der Waals surface area (Å²) in [6, 6.07) is 0. The van der Waals surface area contributed by atoms with Crippen LogP contribution in [0.5, 0.6) is 0 Å². The Morgan fingerprint density at radius 3 is 2.75 bits per heavy atom. The summed E-state index contributed by atoms with van der Waals surface area (Å²) in [6.07, 6.45) is 4.75. The molecule has 0 aromatic rings. The quantitative estimate of drug-likeness (QED) is 0.419. The molecule has 1 fully saturated rings. The number of esters is 1. The number of rotatable bonds is 4. The van der Waals surface area contributed by atoms with E-state index >= 15 is 0 Å². The number of carbonyl (C=O) groups excluding carboxylic acids is 2. The lowest BCUT2D eigenvalue weighted by atomic mass is 9.71. The van der Waals surface area contributed by atoms with Crippen LogP contribution in [0.2, 0.25) is 0 Å². The fourth-order valence-corrected chi connectivity index (χ4v) is 2.18. The third-order valence-corrected chi connectivity index (χ3v) is 3.02. The molecule has 0 spiro atoms. The second-order valence-electron chi connectivity index (χ2n) is 4.66. The average Bonchev–Trinajstić information content (AvgIpc) is 2.20. The molecule has 16 heavy (non-hydrogen) atoms. The predicted molar refractivity (Wildman–Crippen MR) is 62.0 cm³/mol. The van der Waals surface area contributed by atoms with E-state index in [1.807, 2.05) is 0 Å². The van der Waals surface area contributed by atoms with Gasteiger partial charge in [0.05, 0.1) is 6.10 Å². The van der Waals surface area contributed by atoms with Crippen LogP contribution in [0.25, 0.3) is 0 Å². The van der Waals surface area contributed by atoms with Crippen molar-refractivity contribution < 1.29 is 14.3 Å². The van der Waals surface area contributed by atoms with Gasteiger partial charge < -0.3 is 4.74 Å². The summed E-state index contributed by atoms with van der Waals surface area (Å²) < 4.78 is 5.21. The molecular weight excluding hydrogens is 204 g/mol. The SMILES string of the molecule is C=CCC1(C(=O)OC(C)C)CCCCC1=O. The van der Waals surface area contributed by atoms with Gasteiger partial charge in [0.15, 0.2) is 0 Å². The third kappa shape index (κ3) is 2.52. The van der Waals surface area contributed by atoms with E-state index in [1.165, 1.54) is 0 Å². The van der Waals surface area contributed by atoms with Crippen LogP contribution >= 0.6 is 0 Å². The molecule has 1 saturated carbocycles. The molecule has 0 amide bonds. The van der Waals surface area contributed by atoms with E-state index < -0.39 is 5.41 Å². The van der Waals surface area contributed by atoms with Gasteiger partial charge >= 0.3 is 5.97 Å². The molecule has 3 heteroatoms. The van der Waals surface area contributed by atoms with E-state index in [4.69, 9.17) is 4.74 Å². The smallest absolute Gasteiger partial charge is 0.320 e. The Kier molecular flexibility index (Phi) is 4.27. The molecule has 0 aromatic heterocycles. The molecule has 0 aliphatic heterocycles. The van der Waals surface area contributed by atoms with E-state index in [0.29, 0.717) is 19.3 Å². The van der Waals surface area contributed by atoms with Crippen molar-refractivity contribution in [2.45, 2.75) is 52.1 Å². The Balaban J connectivity index is 2.89. The molecule has 1 rings (SSSR count). The minimum absolute atomic E-state index is 0.0179. The van der Waals surface area contributed by atoms with Gasteiger partial charge in [-0.3, -0.25) is 9.59 Å². The van der Waals surface area contributed by atoms with Crippen LogP contribution < -0.4 is 0 Å². The van der Waals surface area contributed by atoms with Gasteiger partial charge in [0, 0.05) is 6.42 Å². The number of carbonyl (C=O) groups is 2. The van der Waals surface area contributed by atoms with Crippen LogP contribution in [0.15, 0.2) is 12.7 Å². The number of allylic oxidation sites excluding steroid dienone is 1. The fraction of sp³-hybridized carbons (Fsp3) is 0.692. The van der Waals surface area contributed by atoms with Gasteiger partial charge in [-0.05, 0) is 33.1 Å². The first-order valence-electron chi connectivity index (χ1n) is 5.88. The first-order valence-corrected chi connectivity index (χ1v) is 5.88. The van der Waals surface area contributed by atoms with Gasteiger partial charge in [-0.15, -0.1) is 6.58 Å². The zero-order chi connectivity index (χ0) is 12.2. The van der Waals surface area contributed by atoms with Crippen LogP contribution in [-0.4, -0.2) is 17.9 Å². The Morgan fingerprint density at radius 1 is 1.56 bits per heavy atom. The average molecular weight is 224 g/mol. The standard InChI is InChI=1S/C13H20O3/c1-4-8-13(12(15)16-10(2)3)9-6-5-7-11(13)14/h4,10H,1,5-9H2,2-3H3. The molecule has 1 aliphatic carbocycles. The van der Waals surface area contributed by atoms with Crippen molar-refractivity contribution in [1.82, 2.24) is 0 Å². The molecule has 1 atom stereocenters. The van der Waals surface area contributed by atoms with Gasteiger partial charge in [0.1, 0.15) is 11.2 Å². The van der Waals surface area contributed by atoms with E-state index in [9.17, 15) is 9.59 Å². The molecular formula is C13H20O3. The summed E-state index contributed by atoms with van der Waals surface area (Å²) in [4.78, 5) is 24.0. The highest BCUT2D eigenvalue weighted by atomic mass is 16.5. The molecule has 0 bridgehead atoms. The van der Waals surface area contributed by atoms with E-state index in [0.717, 1.165) is 12.8 Å². The Hall–Kier alpha value is -1.12. The van der Waals surface area contributed by atoms with Crippen molar-refractivity contribution in [2.75, 3.05) is 0 Å². The summed E-state index contributed by atoms with van der Waals surface area (Å²) in [5.74, 6) is -0.351. The van der Waals surface area contributed by atoms with E-state index in [1.54, 1.807) is 19.9 Å². The summed E-state index contributed by atoms with van der Waals surface area (Å²) in [5.41, 5.74) is -0.940. The molecule has 0 radical (unpaired) electrons. The van der Waals surface area contributed by atoms with Gasteiger partial charge in [-0.1, -0.05) is 12.5 Å². The first-order chi connectivity index (χ1) is 7.53. The van der Waals surface area contributed by atoms with Gasteiger partial charge in [0.25, 0.3) is 0 Å². The summed E-state index contributed by atoms with van der Waals surface area (Å²) in [5, 5.41) is 0. The monoisotopic (exact) mass is 224 g/mol. The molecule has 0 saturated heterocycles. The van der Waals surface area contributed by atoms with Crippen LogP contribution in [0.3, 0.4) is 0 Å². The van der Waals surface area contributed by atoms with E-state index in [-0.39, 0.29) is 17.9 Å². The molecule has 3 nitrogen and oxygen atoms in total. The number of hydrogen-bond acceptors (Lipinski definition) is 3. The molecule has 1 aliphatic rings. The van der Waals surface area contributed by atoms with E-state index in [2.05, 4.69) is 6.58 Å². The lowest BCUT2D eigenvalue weighted by Gasteiger charge is -2.33. The number of Topliss-reactive ketones (excluding diaryl/α,β-unsaturated/α-hetero) is 1. The van der Waals surface area contributed by atoms with Gasteiger partial charge in [-0.25, -0.2) is 0 Å². The van der Waals surface area contributed by atoms with Crippen LogP contribution in [-0.2, 0) is 14.3 Å². The highest BCUT2D eigenvalue weighted by Crippen LogP contribution is 2.38. The summed E-state index contributed by atoms with van der Waals surface area (Å²) in [7, 11) is 0. The largest absolute Gasteiger partial charge is 0.462 e. The van der Waals surface area contributed by atoms with Crippen molar-refractivity contribution in [1.29, 1.82) is 0 Å². The summed E-state index contributed by atoms with van der Waals surface area (Å²) in [6.45, 7) is 7.23. The maximum atomic E-state index is 12.0. The van der Waals surface area contributed by atoms with Gasteiger partial charge in [0.2, 0.25) is 0 Å². The maximum Gasteiger partial charge on any atom is 0.320 e. The van der Waals surface area contributed by atoms with Crippen molar-refractivity contribution in [3.05, 3.63) is 12.7 Å². The lowest BCUT2D eigenvalue weighted by molar-refractivity contribution is -0.165. The summed E-state index contributed by atoms with van der Waals surface area (Å²) >= 11 is 0. The van der Waals surface area contributed by atoms with Crippen molar-refractivity contribution in [3.8, 4) is 0 Å². The highest BCUT2D eigenvalue weighted by molar-refractivity contribution is 6.04. The predicted octanol–water partition coefficient (Wildman–Crippen LogP) is 2.64. The Bertz CT molecular complexity index is 294. The number of hydrogen-bond donors (Lipinski definition) is 0. The number of ketones is 1. The lowest BCUT2D eigenvalue weighted by Crippen LogP contribution is -2.43. The zero-order valence-electron chi connectivity index (χ0n) is 10.1. The van der Waals surface area contributed by atoms with Crippen LogP contribution in [0.4, 0.5) is 0 Å². The topological polar surface area (TPSA) is 43.4 Å². The first kappa shape index (κ1) is 12.9. The van der Waals surface area contributed by atoms with Crippen LogP contribution in [0.1, 0.15) is 46.0 Å². The minimum Gasteiger partial charge on any atom is -0.462 e. The van der Waals surface area contributed by atoms with Crippen molar-refractivity contribution in [2.24, 2.45) is 5.41 Å². The molecule has 0 N–H and O–H groups in total. The van der Waals surface area contributed by atoms with Crippen LogP contribution in [0, 0.1) is 5.41 Å². The van der Waals surface area contributed by atoms with Gasteiger partial charge in [-0.2, -0.15) is 0 Å². The molecule has 90 valence electrons. The highest BCUT2D eigenvalue weighted by Gasteiger charge is 2.47. The Morgan fingerprint density at radius 2 is 2.25 bits per heavy atom. The normalized spacial score (nSPS) is 25.6. The Labute approximate surface area is 96.9 Å². The molecule has 0 heterocycles. The van der Waals surface area contributed by atoms with Crippen molar-refractivity contribution >= 4 is 11.8 Å².